The zero-order valence-corrected chi connectivity index (χ0v) is 15.7. The van der Waals surface area contributed by atoms with Gasteiger partial charge in [-0.15, -0.1) is 0 Å². The minimum atomic E-state index is 0.0739. The van der Waals surface area contributed by atoms with E-state index >= 15 is 0 Å². The molecule has 106 valence electrons. The van der Waals surface area contributed by atoms with E-state index in [0.717, 1.165) is 14.5 Å². The molecule has 0 bridgehead atoms. The Bertz CT molecular complexity index is 597. The maximum atomic E-state index is 5.36. The fraction of sp³-hybridized carbons (Fsp3) is 0.200. The number of benzene rings is 2. The Hall–Kier alpha value is -0.520. The Labute approximate surface area is 143 Å². The molecule has 2 aromatic rings. The first-order valence-electron chi connectivity index (χ1n) is 5.87. The van der Waals surface area contributed by atoms with Gasteiger partial charge < -0.3 is 9.47 Å². The van der Waals surface area contributed by atoms with Crippen LogP contribution < -0.4 is 9.47 Å². The summed E-state index contributed by atoms with van der Waals surface area (Å²) in [6.07, 6.45) is 0. The van der Waals surface area contributed by atoms with Crippen molar-refractivity contribution < 1.29 is 9.47 Å². The third kappa shape index (κ3) is 3.38. The van der Waals surface area contributed by atoms with Gasteiger partial charge >= 0.3 is 0 Å². The van der Waals surface area contributed by atoms with E-state index in [2.05, 4.69) is 59.9 Å². The van der Waals surface area contributed by atoms with Crippen molar-refractivity contribution in [2.24, 2.45) is 0 Å². The highest BCUT2D eigenvalue weighted by Gasteiger charge is 2.17. The van der Waals surface area contributed by atoms with Crippen LogP contribution in [0.4, 0.5) is 0 Å². The van der Waals surface area contributed by atoms with Crippen LogP contribution in [0.25, 0.3) is 0 Å². The van der Waals surface area contributed by atoms with E-state index in [-0.39, 0.29) is 4.83 Å². The zero-order valence-electron chi connectivity index (χ0n) is 11.0. The summed E-state index contributed by atoms with van der Waals surface area (Å²) in [7, 11) is 3.27. The third-order valence-corrected chi connectivity index (χ3v) is 5.18. The van der Waals surface area contributed by atoms with Crippen LogP contribution in [-0.4, -0.2) is 14.2 Å². The van der Waals surface area contributed by atoms with Gasteiger partial charge in [-0.05, 0) is 35.4 Å². The molecule has 0 aliphatic rings. The molecule has 0 fully saturated rings. The summed E-state index contributed by atoms with van der Waals surface area (Å²) in [5.41, 5.74) is 2.26. The number of ether oxygens (including phenoxy) is 2. The first-order valence-corrected chi connectivity index (χ1v) is 8.38. The van der Waals surface area contributed by atoms with Gasteiger partial charge in [0.15, 0.2) is 11.5 Å². The Kier molecular flexibility index (Phi) is 5.52. The molecule has 0 aliphatic carbocycles. The van der Waals surface area contributed by atoms with Gasteiger partial charge in [-0.3, -0.25) is 0 Å². The van der Waals surface area contributed by atoms with Crippen molar-refractivity contribution in [3.8, 4) is 11.5 Å². The summed E-state index contributed by atoms with van der Waals surface area (Å²) >= 11 is 10.8. The number of hydrogen-bond acceptors (Lipinski definition) is 2. The van der Waals surface area contributed by atoms with Crippen molar-refractivity contribution in [2.75, 3.05) is 14.2 Å². The van der Waals surface area contributed by atoms with Crippen LogP contribution in [0.1, 0.15) is 16.0 Å². The maximum absolute atomic E-state index is 5.36. The SMILES string of the molecule is COc1cc(Br)c(C(Br)c2ccc(Br)cc2)cc1OC. The molecule has 0 heterocycles. The summed E-state index contributed by atoms with van der Waals surface area (Å²) in [6, 6.07) is 12.1. The highest BCUT2D eigenvalue weighted by Crippen LogP contribution is 2.41. The average molecular weight is 465 g/mol. The molecule has 0 amide bonds. The Morgan fingerprint density at radius 2 is 1.45 bits per heavy atom. The minimum absolute atomic E-state index is 0.0739. The molecule has 0 spiro atoms. The van der Waals surface area contributed by atoms with Gasteiger partial charge in [0.05, 0.1) is 19.0 Å². The van der Waals surface area contributed by atoms with E-state index in [1.165, 1.54) is 5.56 Å². The van der Waals surface area contributed by atoms with Crippen LogP contribution in [0.3, 0.4) is 0 Å². The standard InChI is InChI=1S/C15H13Br3O2/c1-19-13-7-11(12(17)8-14(13)20-2)15(18)9-3-5-10(16)6-4-9/h3-8,15H,1-2H3. The third-order valence-electron chi connectivity index (χ3n) is 2.94. The molecule has 1 atom stereocenters. The summed E-state index contributed by atoms with van der Waals surface area (Å²) < 4.78 is 12.7. The van der Waals surface area contributed by atoms with E-state index < -0.39 is 0 Å². The van der Waals surface area contributed by atoms with Gasteiger partial charge in [-0.25, -0.2) is 0 Å². The predicted molar refractivity (Wildman–Crippen MR) is 92.2 cm³/mol. The van der Waals surface area contributed by atoms with Gasteiger partial charge in [0.25, 0.3) is 0 Å². The van der Waals surface area contributed by atoms with E-state index in [0.29, 0.717) is 11.5 Å². The molecule has 0 aliphatic heterocycles. The number of halogens is 3. The molecule has 0 saturated carbocycles. The van der Waals surface area contributed by atoms with Crippen molar-refractivity contribution in [1.82, 2.24) is 0 Å². The summed E-state index contributed by atoms with van der Waals surface area (Å²) in [5.74, 6) is 1.42. The topological polar surface area (TPSA) is 18.5 Å². The number of hydrogen-bond donors (Lipinski definition) is 0. The lowest BCUT2D eigenvalue weighted by Crippen LogP contribution is -1.97. The fourth-order valence-corrected chi connectivity index (χ4v) is 3.68. The Morgan fingerprint density at radius 1 is 0.900 bits per heavy atom. The zero-order chi connectivity index (χ0) is 14.7. The highest BCUT2D eigenvalue weighted by atomic mass is 79.9. The molecular formula is C15H13Br3O2. The molecule has 20 heavy (non-hydrogen) atoms. The molecule has 2 rings (SSSR count). The summed E-state index contributed by atoms with van der Waals surface area (Å²) in [4.78, 5) is 0.0739. The lowest BCUT2D eigenvalue weighted by Gasteiger charge is -2.16. The van der Waals surface area contributed by atoms with Crippen LogP contribution >= 0.6 is 47.8 Å². The van der Waals surface area contributed by atoms with Crippen molar-refractivity contribution in [3.63, 3.8) is 0 Å². The van der Waals surface area contributed by atoms with Crippen LogP contribution in [0, 0.1) is 0 Å². The van der Waals surface area contributed by atoms with E-state index in [1.54, 1.807) is 14.2 Å². The first-order chi connectivity index (χ1) is 9.56. The number of alkyl halides is 1. The summed E-state index contributed by atoms with van der Waals surface area (Å²) in [5, 5.41) is 0. The van der Waals surface area contributed by atoms with Gasteiger partial charge in [-0.2, -0.15) is 0 Å². The van der Waals surface area contributed by atoms with Gasteiger partial charge in [-0.1, -0.05) is 59.9 Å². The van der Waals surface area contributed by atoms with E-state index in [1.807, 2.05) is 24.3 Å². The lowest BCUT2D eigenvalue weighted by molar-refractivity contribution is 0.354. The molecule has 5 heteroatoms. The van der Waals surface area contributed by atoms with Gasteiger partial charge in [0.2, 0.25) is 0 Å². The molecule has 2 aromatic carbocycles. The second-order valence-electron chi connectivity index (χ2n) is 4.14. The highest BCUT2D eigenvalue weighted by molar-refractivity contribution is 9.11. The van der Waals surface area contributed by atoms with Crippen LogP contribution in [0.5, 0.6) is 11.5 Å². The quantitative estimate of drug-likeness (QED) is 0.539. The Morgan fingerprint density at radius 3 is 2.00 bits per heavy atom. The normalized spacial score (nSPS) is 12.1. The van der Waals surface area contributed by atoms with E-state index in [9.17, 15) is 0 Å². The molecule has 0 N–H and O–H groups in total. The molecule has 2 nitrogen and oxygen atoms in total. The maximum Gasteiger partial charge on any atom is 0.161 e. The monoisotopic (exact) mass is 462 g/mol. The van der Waals surface area contributed by atoms with Gasteiger partial charge in [0.1, 0.15) is 0 Å². The largest absolute Gasteiger partial charge is 0.493 e. The van der Waals surface area contributed by atoms with Crippen molar-refractivity contribution >= 4 is 47.8 Å². The van der Waals surface area contributed by atoms with Crippen molar-refractivity contribution in [3.05, 3.63) is 56.5 Å². The Balaban J connectivity index is 2.43. The first kappa shape index (κ1) is 15.9. The molecular weight excluding hydrogens is 452 g/mol. The second-order valence-corrected chi connectivity index (χ2v) is 6.83. The fourth-order valence-electron chi connectivity index (χ4n) is 1.88. The smallest absolute Gasteiger partial charge is 0.161 e. The molecule has 0 saturated heterocycles. The predicted octanol–water partition coefficient (Wildman–Crippen LogP) is 5.71. The van der Waals surface area contributed by atoms with Crippen molar-refractivity contribution in [2.45, 2.75) is 4.83 Å². The second kappa shape index (κ2) is 6.96. The molecule has 0 aromatic heterocycles. The lowest BCUT2D eigenvalue weighted by atomic mass is 10.0. The number of methoxy groups -OCH3 is 2. The van der Waals surface area contributed by atoms with Crippen LogP contribution in [0.2, 0.25) is 0 Å². The van der Waals surface area contributed by atoms with Crippen molar-refractivity contribution in [1.29, 1.82) is 0 Å². The van der Waals surface area contributed by atoms with Crippen LogP contribution in [0.15, 0.2) is 45.3 Å². The van der Waals surface area contributed by atoms with Crippen LogP contribution in [-0.2, 0) is 0 Å². The van der Waals surface area contributed by atoms with Gasteiger partial charge in [0, 0.05) is 8.95 Å². The average Bonchev–Trinajstić information content (AvgIpc) is 2.47. The number of rotatable bonds is 4. The summed E-state index contributed by atoms with van der Waals surface area (Å²) in [6.45, 7) is 0. The minimum Gasteiger partial charge on any atom is -0.493 e. The molecule has 0 radical (unpaired) electrons. The van der Waals surface area contributed by atoms with E-state index in [4.69, 9.17) is 9.47 Å². The molecule has 1 unspecified atom stereocenters.